The number of amides is 1. The number of nitrogens with one attached hydrogen (secondary N) is 1. The summed E-state index contributed by atoms with van der Waals surface area (Å²) in [7, 11) is 2.93. The Bertz CT molecular complexity index is 1230. The number of halogens is 3. The molecule has 1 aromatic heterocycles. The fourth-order valence-corrected chi connectivity index (χ4v) is 3.51. The van der Waals surface area contributed by atoms with E-state index in [1.807, 2.05) is 0 Å². The number of carbonyl (C=O) groups is 1. The Morgan fingerprint density at radius 2 is 1.85 bits per heavy atom. The Labute approximate surface area is 192 Å². The maximum Gasteiger partial charge on any atom is 0.416 e. The van der Waals surface area contributed by atoms with E-state index in [1.165, 1.54) is 49.4 Å². The van der Waals surface area contributed by atoms with E-state index in [0.29, 0.717) is 22.4 Å². The van der Waals surface area contributed by atoms with Crippen molar-refractivity contribution in [3.63, 3.8) is 0 Å². The van der Waals surface area contributed by atoms with Crippen molar-refractivity contribution >= 4 is 16.8 Å². The van der Waals surface area contributed by atoms with Crippen LogP contribution in [0.1, 0.15) is 30.1 Å². The number of benzene rings is 2. The van der Waals surface area contributed by atoms with Crippen LogP contribution in [0.4, 0.5) is 13.2 Å². The monoisotopic (exact) mass is 479 g/mol. The number of carbonyl (C=O) groups excluding carboxylic acids is 1. The van der Waals surface area contributed by atoms with E-state index in [2.05, 4.69) is 10.3 Å². The molecule has 1 heterocycles. The van der Waals surface area contributed by atoms with E-state index in [0.717, 1.165) is 6.07 Å². The molecule has 0 radical (unpaired) electrons. The second-order valence-corrected chi connectivity index (χ2v) is 7.48. The van der Waals surface area contributed by atoms with Gasteiger partial charge in [0.1, 0.15) is 0 Å². The van der Waals surface area contributed by atoms with Crippen molar-refractivity contribution in [3.05, 3.63) is 64.2 Å². The van der Waals surface area contributed by atoms with Crippen LogP contribution in [-0.4, -0.2) is 41.3 Å². The van der Waals surface area contributed by atoms with Crippen LogP contribution in [-0.2, 0) is 17.5 Å². The van der Waals surface area contributed by atoms with Crippen LogP contribution < -0.4 is 20.3 Å². The van der Waals surface area contributed by atoms with E-state index in [1.54, 1.807) is 6.07 Å². The van der Waals surface area contributed by atoms with Crippen LogP contribution in [0.25, 0.3) is 10.9 Å². The van der Waals surface area contributed by atoms with Crippen molar-refractivity contribution < 1.29 is 32.5 Å². The van der Waals surface area contributed by atoms with Crippen molar-refractivity contribution in [2.24, 2.45) is 0 Å². The topological polar surface area (TPSA) is 103 Å². The molecule has 0 saturated carbocycles. The lowest BCUT2D eigenvalue weighted by Gasteiger charge is -2.18. The van der Waals surface area contributed by atoms with Crippen molar-refractivity contribution in [1.29, 1.82) is 0 Å². The SMILES string of the molecule is COc1cc2ncn(CCCC(=O)NCC(O)c3ccccc3C(F)(F)F)c(=O)c2cc1OC. The molecule has 1 amide bonds. The highest BCUT2D eigenvalue weighted by Crippen LogP contribution is 2.34. The first-order valence-electron chi connectivity index (χ1n) is 10.4. The molecule has 1 atom stereocenters. The van der Waals surface area contributed by atoms with Gasteiger partial charge in [-0.15, -0.1) is 0 Å². The van der Waals surface area contributed by atoms with E-state index >= 15 is 0 Å². The number of rotatable bonds is 9. The highest BCUT2D eigenvalue weighted by atomic mass is 19.4. The van der Waals surface area contributed by atoms with E-state index in [-0.39, 0.29) is 37.1 Å². The van der Waals surface area contributed by atoms with E-state index in [9.17, 15) is 27.9 Å². The molecule has 0 bridgehead atoms. The Hall–Kier alpha value is -3.60. The molecule has 0 spiro atoms. The summed E-state index contributed by atoms with van der Waals surface area (Å²) in [6.07, 6.45) is -4.48. The van der Waals surface area contributed by atoms with Crippen LogP contribution >= 0.6 is 0 Å². The molecule has 11 heteroatoms. The summed E-state index contributed by atoms with van der Waals surface area (Å²) >= 11 is 0. The Balaban J connectivity index is 1.58. The van der Waals surface area contributed by atoms with Gasteiger partial charge in [0.05, 0.1) is 43.1 Å². The highest BCUT2D eigenvalue weighted by molar-refractivity contribution is 5.81. The molecule has 0 aliphatic carbocycles. The number of fused-ring (bicyclic) bond motifs is 1. The highest BCUT2D eigenvalue weighted by Gasteiger charge is 2.34. The molecular formula is C23H24F3N3O5. The number of alkyl halides is 3. The van der Waals surface area contributed by atoms with Crippen molar-refractivity contribution in [2.75, 3.05) is 20.8 Å². The second-order valence-electron chi connectivity index (χ2n) is 7.48. The van der Waals surface area contributed by atoms with Gasteiger partial charge < -0.3 is 19.9 Å². The molecule has 1 unspecified atom stereocenters. The predicted octanol–water partition coefficient (Wildman–Crippen LogP) is 3.06. The van der Waals surface area contributed by atoms with Gasteiger partial charge in [0.15, 0.2) is 11.5 Å². The zero-order chi connectivity index (χ0) is 24.9. The van der Waals surface area contributed by atoms with Gasteiger partial charge in [-0.3, -0.25) is 14.2 Å². The third-order valence-electron chi connectivity index (χ3n) is 5.25. The van der Waals surface area contributed by atoms with Gasteiger partial charge in [0.25, 0.3) is 5.56 Å². The van der Waals surface area contributed by atoms with Gasteiger partial charge in [0.2, 0.25) is 5.91 Å². The molecule has 3 rings (SSSR count). The van der Waals surface area contributed by atoms with Crippen LogP contribution in [0.5, 0.6) is 11.5 Å². The third kappa shape index (κ3) is 5.66. The Morgan fingerprint density at radius 3 is 2.53 bits per heavy atom. The summed E-state index contributed by atoms with van der Waals surface area (Å²) in [4.78, 5) is 29.1. The summed E-state index contributed by atoms with van der Waals surface area (Å²) in [5.74, 6) is 0.366. The number of aryl methyl sites for hydroxylation is 1. The number of nitrogens with zero attached hydrogens (tertiary/aromatic N) is 2. The summed E-state index contributed by atoms with van der Waals surface area (Å²) in [6.45, 7) is -0.173. The fourth-order valence-electron chi connectivity index (χ4n) is 3.51. The Kier molecular flexibility index (Phi) is 7.77. The quantitative estimate of drug-likeness (QED) is 0.489. The lowest BCUT2D eigenvalue weighted by Crippen LogP contribution is -2.29. The summed E-state index contributed by atoms with van der Waals surface area (Å²) in [6, 6.07) is 7.79. The van der Waals surface area contributed by atoms with Crippen LogP contribution in [0.2, 0.25) is 0 Å². The predicted molar refractivity (Wildman–Crippen MR) is 118 cm³/mol. The first-order chi connectivity index (χ1) is 16.2. The van der Waals surface area contributed by atoms with Gasteiger partial charge in [0, 0.05) is 25.6 Å². The number of hydrogen-bond donors (Lipinski definition) is 2. The molecule has 2 aromatic carbocycles. The normalized spacial score (nSPS) is 12.4. The van der Waals surface area contributed by atoms with E-state index < -0.39 is 23.8 Å². The van der Waals surface area contributed by atoms with Gasteiger partial charge >= 0.3 is 6.18 Å². The molecule has 0 aliphatic rings. The number of ether oxygens (including phenoxy) is 2. The second kappa shape index (κ2) is 10.6. The average Bonchev–Trinajstić information content (AvgIpc) is 2.82. The van der Waals surface area contributed by atoms with Crippen LogP contribution in [0.3, 0.4) is 0 Å². The van der Waals surface area contributed by atoms with Crippen molar-refractivity contribution in [2.45, 2.75) is 31.7 Å². The fraction of sp³-hybridized carbons (Fsp3) is 0.348. The van der Waals surface area contributed by atoms with Gasteiger partial charge in [-0.05, 0) is 24.1 Å². The largest absolute Gasteiger partial charge is 0.493 e. The molecular weight excluding hydrogens is 455 g/mol. The number of aliphatic hydroxyl groups is 1. The van der Waals surface area contributed by atoms with Crippen molar-refractivity contribution in [3.8, 4) is 11.5 Å². The van der Waals surface area contributed by atoms with Gasteiger partial charge in [-0.25, -0.2) is 4.98 Å². The average molecular weight is 479 g/mol. The Morgan fingerprint density at radius 1 is 1.18 bits per heavy atom. The first-order valence-corrected chi connectivity index (χ1v) is 10.4. The van der Waals surface area contributed by atoms with Gasteiger partial charge in [-0.1, -0.05) is 18.2 Å². The smallest absolute Gasteiger partial charge is 0.416 e. The summed E-state index contributed by atoms with van der Waals surface area (Å²) in [5.41, 5.74) is -1.14. The van der Waals surface area contributed by atoms with Crippen LogP contribution in [0.15, 0.2) is 47.5 Å². The molecule has 3 aromatic rings. The maximum absolute atomic E-state index is 13.1. The maximum atomic E-state index is 13.1. The number of aromatic nitrogens is 2. The van der Waals surface area contributed by atoms with Gasteiger partial charge in [-0.2, -0.15) is 13.2 Å². The summed E-state index contributed by atoms with van der Waals surface area (Å²) in [5, 5.41) is 12.9. The third-order valence-corrected chi connectivity index (χ3v) is 5.25. The summed E-state index contributed by atoms with van der Waals surface area (Å²) < 4.78 is 51.1. The molecule has 182 valence electrons. The minimum atomic E-state index is -4.61. The number of hydrogen-bond acceptors (Lipinski definition) is 6. The first kappa shape index (κ1) is 25.0. The zero-order valence-electron chi connectivity index (χ0n) is 18.6. The molecule has 0 fully saturated rings. The number of aliphatic hydroxyl groups excluding tert-OH is 1. The van der Waals surface area contributed by atoms with Crippen LogP contribution in [0, 0.1) is 0 Å². The lowest BCUT2D eigenvalue weighted by molar-refractivity contribution is -0.139. The minimum absolute atomic E-state index is 0.00402. The number of methoxy groups -OCH3 is 2. The molecule has 0 saturated heterocycles. The molecule has 2 N–H and O–H groups in total. The molecule has 8 nitrogen and oxygen atoms in total. The minimum Gasteiger partial charge on any atom is -0.493 e. The lowest BCUT2D eigenvalue weighted by atomic mass is 10.0. The van der Waals surface area contributed by atoms with Crippen molar-refractivity contribution in [1.82, 2.24) is 14.9 Å². The standard InChI is InChI=1S/C23H24F3N3O5/c1-33-19-10-15-17(11-20(19)34-2)28-13-29(22(15)32)9-5-8-21(31)27-12-18(30)14-6-3-4-7-16(14)23(24,25)26/h3-4,6-7,10-11,13,18,30H,5,8-9,12H2,1-2H3,(H,27,31). The zero-order valence-corrected chi connectivity index (χ0v) is 18.6. The molecule has 0 aliphatic heterocycles. The van der Waals surface area contributed by atoms with E-state index in [4.69, 9.17) is 9.47 Å². The molecule has 34 heavy (non-hydrogen) atoms.